The Hall–Kier alpha value is -2.16. The molecule has 2 rings (SSSR count). The smallest absolute Gasteiger partial charge is 0.258 e. The zero-order valence-electron chi connectivity index (χ0n) is 8.93. The van der Waals surface area contributed by atoms with Crippen molar-refractivity contribution in [3.8, 4) is 5.82 Å². The van der Waals surface area contributed by atoms with E-state index in [4.69, 9.17) is 11.6 Å². The van der Waals surface area contributed by atoms with E-state index in [0.717, 1.165) is 0 Å². The second-order valence-corrected chi connectivity index (χ2v) is 3.70. The standard InChI is InChI=1S/C9H4ClF3N4O2/c10-8-6(17(18)19)7(9(11,12)13)15-16(8)5-3-1-2-4-14-5/h1-4H. The van der Waals surface area contributed by atoms with Crippen LogP contribution in [0.2, 0.25) is 5.15 Å². The van der Waals surface area contributed by atoms with Gasteiger partial charge in [0.1, 0.15) is 0 Å². The van der Waals surface area contributed by atoms with Gasteiger partial charge in [-0.2, -0.15) is 23.0 Å². The van der Waals surface area contributed by atoms with Crippen molar-refractivity contribution >= 4 is 17.3 Å². The van der Waals surface area contributed by atoms with Gasteiger partial charge in [-0.15, -0.1) is 0 Å². The summed E-state index contributed by atoms with van der Waals surface area (Å²) in [4.78, 5) is 13.2. The number of hydrogen-bond donors (Lipinski definition) is 0. The molecular weight excluding hydrogens is 289 g/mol. The number of alkyl halides is 3. The summed E-state index contributed by atoms with van der Waals surface area (Å²) in [6, 6.07) is 4.34. The number of aromatic nitrogens is 3. The Kier molecular flexibility index (Phi) is 3.14. The Balaban J connectivity index is 2.70. The van der Waals surface area contributed by atoms with Crippen LogP contribution in [0.25, 0.3) is 5.82 Å². The first-order valence-electron chi connectivity index (χ1n) is 4.74. The molecule has 0 radical (unpaired) electrons. The van der Waals surface area contributed by atoms with Gasteiger partial charge in [0.15, 0.2) is 5.82 Å². The number of nitrogens with zero attached hydrogens (tertiary/aromatic N) is 4. The molecule has 2 aromatic rings. The van der Waals surface area contributed by atoms with Crippen LogP contribution in [0, 0.1) is 10.1 Å². The Morgan fingerprint density at radius 2 is 2.05 bits per heavy atom. The molecule has 2 aromatic heterocycles. The van der Waals surface area contributed by atoms with E-state index in [1.54, 1.807) is 0 Å². The third-order valence-electron chi connectivity index (χ3n) is 2.12. The molecule has 0 atom stereocenters. The molecule has 100 valence electrons. The van der Waals surface area contributed by atoms with Crippen molar-refractivity contribution in [1.82, 2.24) is 14.8 Å². The molecule has 0 saturated carbocycles. The molecule has 6 nitrogen and oxygen atoms in total. The lowest BCUT2D eigenvalue weighted by atomic mass is 10.4. The molecule has 0 bridgehead atoms. The van der Waals surface area contributed by atoms with Crippen LogP contribution in [-0.2, 0) is 6.18 Å². The highest BCUT2D eigenvalue weighted by atomic mass is 35.5. The van der Waals surface area contributed by atoms with Crippen LogP contribution in [0.4, 0.5) is 18.9 Å². The maximum atomic E-state index is 12.7. The van der Waals surface area contributed by atoms with Gasteiger partial charge in [0.05, 0.1) is 4.92 Å². The van der Waals surface area contributed by atoms with E-state index < -0.39 is 27.6 Å². The Morgan fingerprint density at radius 3 is 2.47 bits per heavy atom. The molecule has 0 N–H and O–H groups in total. The number of halogens is 4. The molecule has 2 heterocycles. The number of rotatable bonds is 2. The van der Waals surface area contributed by atoms with Gasteiger partial charge in [-0.05, 0) is 12.1 Å². The lowest BCUT2D eigenvalue weighted by Crippen LogP contribution is -2.09. The highest BCUT2D eigenvalue weighted by Crippen LogP contribution is 2.39. The Bertz CT molecular complexity index is 626. The van der Waals surface area contributed by atoms with Crippen LogP contribution < -0.4 is 0 Å². The molecule has 10 heteroatoms. The maximum Gasteiger partial charge on any atom is 0.442 e. The van der Waals surface area contributed by atoms with Crippen LogP contribution in [0.1, 0.15) is 5.69 Å². The fraction of sp³-hybridized carbons (Fsp3) is 0.111. The largest absolute Gasteiger partial charge is 0.442 e. The Morgan fingerprint density at radius 1 is 1.37 bits per heavy atom. The van der Waals surface area contributed by atoms with Crippen molar-refractivity contribution in [1.29, 1.82) is 0 Å². The molecule has 0 fully saturated rings. The Labute approximate surface area is 108 Å². The van der Waals surface area contributed by atoms with Crippen molar-refractivity contribution in [3.05, 3.63) is 45.4 Å². The molecule has 0 amide bonds. The predicted molar refractivity (Wildman–Crippen MR) is 58.0 cm³/mol. The summed E-state index contributed by atoms with van der Waals surface area (Å²) < 4.78 is 38.5. The highest BCUT2D eigenvalue weighted by molar-refractivity contribution is 6.32. The summed E-state index contributed by atoms with van der Waals surface area (Å²) in [6.07, 6.45) is -3.68. The molecule has 0 saturated heterocycles. The van der Waals surface area contributed by atoms with Crippen LogP contribution in [-0.4, -0.2) is 19.7 Å². The van der Waals surface area contributed by atoms with Gasteiger partial charge in [0.2, 0.25) is 10.8 Å². The lowest BCUT2D eigenvalue weighted by Gasteiger charge is -2.00. The molecule has 0 aliphatic rings. The van der Waals surface area contributed by atoms with Crippen molar-refractivity contribution in [3.63, 3.8) is 0 Å². The fourth-order valence-electron chi connectivity index (χ4n) is 1.37. The van der Waals surface area contributed by atoms with Crippen molar-refractivity contribution in [2.75, 3.05) is 0 Å². The number of pyridine rings is 1. The first-order valence-corrected chi connectivity index (χ1v) is 5.11. The van der Waals surface area contributed by atoms with Gasteiger partial charge in [0, 0.05) is 6.20 Å². The zero-order valence-corrected chi connectivity index (χ0v) is 9.68. The van der Waals surface area contributed by atoms with E-state index >= 15 is 0 Å². The molecule has 0 spiro atoms. The minimum absolute atomic E-state index is 0.0499. The van der Waals surface area contributed by atoms with E-state index in [1.807, 2.05) is 0 Å². The van der Waals surface area contributed by atoms with Crippen molar-refractivity contribution in [2.45, 2.75) is 6.18 Å². The fourth-order valence-corrected chi connectivity index (χ4v) is 1.66. The monoisotopic (exact) mass is 292 g/mol. The van der Waals surface area contributed by atoms with Crippen molar-refractivity contribution < 1.29 is 18.1 Å². The summed E-state index contributed by atoms with van der Waals surface area (Å²) in [5.41, 5.74) is -2.95. The molecule has 19 heavy (non-hydrogen) atoms. The van der Waals surface area contributed by atoms with Gasteiger partial charge < -0.3 is 0 Å². The zero-order chi connectivity index (χ0) is 14.2. The average molecular weight is 293 g/mol. The van der Waals surface area contributed by atoms with Crippen molar-refractivity contribution in [2.24, 2.45) is 0 Å². The third-order valence-corrected chi connectivity index (χ3v) is 2.46. The second kappa shape index (κ2) is 4.50. The van der Waals surface area contributed by atoms with Gasteiger partial charge in [-0.25, -0.2) is 4.98 Å². The quantitative estimate of drug-likeness (QED) is 0.630. The molecular formula is C9H4ClF3N4O2. The number of hydrogen-bond acceptors (Lipinski definition) is 4. The predicted octanol–water partition coefficient (Wildman–Crippen LogP) is 2.85. The van der Waals surface area contributed by atoms with E-state index in [2.05, 4.69) is 10.1 Å². The van der Waals surface area contributed by atoms with E-state index in [-0.39, 0.29) is 5.82 Å². The molecule has 0 aliphatic carbocycles. The third kappa shape index (κ3) is 2.36. The molecule has 0 unspecified atom stereocenters. The summed E-state index contributed by atoms with van der Waals surface area (Å²) in [5, 5.41) is 13.1. The minimum Gasteiger partial charge on any atom is -0.258 e. The minimum atomic E-state index is -4.98. The van der Waals surface area contributed by atoms with Gasteiger partial charge in [0.25, 0.3) is 0 Å². The summed E-state index contributed by atoms with van der Waals surface area (Å²) >= 11 is 5.58. The van der Waals surface area contributed by atoms with Gasteiger partial charge in [-0.3, -0.25) is 10.1 Å². The van der Waals surface area contributed by atoms with E-state index in [0.29, 0.717) is 4.68 Å². The maximum absolute atomic E-state index is 12.7. The van der Waals surface area contributed by atoms with E-state index in [1.165, 1.54) is 24.4 Å². The SMILES string of the molecule is O=[N+]([O-])c1c(C(F)(F)F)nn(-c2ccccn2)c1Cl. The number of nitro groups is 1. The summed E-state index contributed by atoms with van der Waals surface area (Å²) in [7, 11) is 0. The van der Waals surface area contributed by atoms with Crippen LogP contribution in [0.15, 0.2) is 24.4 Å². The summed E-state index contributed by atoms with van der Waals surface area (Å²) in [6.45, 7) is 0. The molecule has 0 aromatic carbocycles. The average Bonchev–Trinajstić information content (AvgIpc) is 2.68. The van der Waals surface area contributed by atoms with E-state index in [9.17, 15) is 23.3 Å². The highest BCUT2D eigenvalue weighted by Gasteiger charge is 2.45. The lowest BCUT2D eigenvalue weighted by molar-refractivity contribution is -0.388. The summed E-state index contributed by atoms with van der Waals surface area (Å²) in [5.74, 6) is -0.0499. The topological polar surface area (TPSA) is 73.8 Å². The normalized spacial score (nSPS) is 11.6. The first-order chi connectivity index (χ1) is 8.82. The van der Waals surface area contributed by atoms with Crippen LogP contribution in [0.5, 0.6) is 0 Å². The van der Waals surface area contributed by atoms with Crippen LogP contribution in [0.3, 0.4) is 0 Å². The van der Waals surface area contributed by atoms with Gasteiger partial charge in [-0.1, -0.05) is 17.7 Å². The van der Waals surface area contributed by atoms with Crippen LogP contribution >= 0.6 is 11.6 Å². The van der Waals surface area contributed by atoms with Gasteiger partial charge >= 0.3 is 11.9 Å². The molecule has 0 aliphatic heterocycles. The first kappa shape index (κ1) is 13.3. The second-order valence-electron chi connectivity index (χ2n) is 3.34.